The number of nitrogens with zero attached hydrogens (tertiary/aromatic N) is 5. The zero-order chi connectivity index (χ0) is 20.9. The maximum absolute atomic E-state index is 14.6. The maximum Gasteiger partial charge on any atom is 0.237 e. The summed E-state index contributed by atoms with van der Waals surface area (Å²) in [6, 6.07) is 4.71. The van der Waals surface area contributed by atoms with Gasteiger partial charge in [0.15, 0.2) is 0 Å². The van der Waals surface area contributed by atoms with E-state index in [-0.39, 0.29) is 29.8 Å². The van der Waals surface area contributed by atoms with Crippen molar-refractivity contribution in [1.82, 2.24) is 30.4 Å². The standard InChI is InChI=1S/C21H29FN6O2/c1-30-18-9-8-15(19(22)11-18)12-27-13-17(28-14-23-25-26-28)10-20(27)21(29)24-16-6-4-2-3-5-7-16/h8-9,11,14,16-17,20H,2-7,10,12-13H2,1H3,(H,24,29)/t17-,20+/m1/s1. The van der Waals surface area contributed by atoms with Crippen molar-refractivity contribution in [1.29, 1.82) is 0 Å². The Morgan fingerprint density at radius 2 is 2.07 bits per heavy atom. The molecular weight excluding hydrogens is 387 g/mol. The fraction of sp³-hybridized carbons (Fsp3) is 0.619. The van der Waals surface area contributed by atoms with E-state index in [0.717, 1.165) is 25.7 Å². The van der Waals surface area contributed by atoms with Crippen LogP contribution in [0.3, 0.4) is 0 Å². The molecular formula is C21H29FN6O2. The van der Waals surface area contributed by atoms with E-state index < -0.39 is 0 Å². The number of rotatable bonds is 6. The third-order valence-electron chi connectivity index (χ3n) is 6.26. The smallest absolute Gasteiger partial charge is 0.237 e. The average molecular weight is 417 g/mol. The molecule has 30 heavy (non-hydrogen) atoms. The van der Waals surface area contributed by atoms with Crippen LogP contribution in [0.4, 0.5) is 4.39 Å². The van der Waals surface area contributed by atoms with Crippen LogP contribution in [-0.2, 0) is 11.3 Å². The van der Waals surface area contributed by atoms with E-state index in [0.29, 0.717) is 30.8 Å². The molecule has 1 N–H and O–H groups in total. The van der Waals surface area contributed by atoms with Gasteiger partial charge in [0.25, 0.3) is 0 Å². The molecule has 2 atom stereocenters. The van der Waals surface area contributed by atoms with Crippen LogP contribution in [0.15, 0.2) is 24.5 Å². The molecule has 1 saturated heterocycles. The zero-order valence-electron chi connectivity index (χ0n) is 17.3. The highest BCUT2D eigenvalue weighted by molar-refractivity contribution is 5.82. The van der Waals surface area contributed by atoms with Gasteiger partial charge in [0.1, 0.15) is 17.9 Å². The van der Waals surface area contributed by atoms with Crippen molar-refractivity contribution >= 4 is 5.91 Å². The number of likely N-dealkylation sites (tertiary alicyclic amines) is 1. The molecule has 1 amide bonds. The largest absolute Gasteiger partial charge is 0.497 e. The molecule has 0 radical (unpaired) electrons. The van der Waals surface area contributed by atoms with Crippen LogP contribution in [-0.4, -0.2) is 56.8 Å². The molecule has 1 aromatic heterocycles. The first kappa shape index (κ1) is 20.7. The molecule has 2 heterocycles. The fourth-order valence-corrected chi connectivity index (χ4v) is 4.58. The van der Waals surface area contributed by atoms with Crippen LogP contribution >= 0.6 is 0 Å². The lowest BCUT2D eigenvalue weighted by Crippen LogP contribution is -2.46. The number of amides is 1. The molecule has 1 aliphatic carbocycles. The lowest BCUT2D eigenvalue weighted by Gasteiger charge is -2.26. The normalized spacial score (nSPS) is 23.3. The van der Waals surface area contributed by atoms with E-state index >= 15 is 0 Å². The van der Waals surface area contributed by atoms with Gasteiger partial charge in [0, 0.05) is 30.8 Å². The van der Waals surface area contributed by atoms with E-state index in [1.807, 2.05) is 4.90 Å². The molecule has 1 aliphatic heterocycles. The predicted octanol–water partition coefficient (Wildman–Crippen LogP) is 2.48. The Morgan fingerprint density at radius 1 is 1.27 bits per heavy atom. The third kappa shape index (κ3) is 4.77. The molecule has 2 aromatic rings. The molecule has 2 fully saturated rings. The molecule has 0 unspecified atom stereocenters. The number of aromatic nitrogens is 4. The van der Waals surface area contributed by atoms with Crippen molar-refractivity contribution in [3.63, 3.8) is 0 Å². The summed E-state index contributed by atoms with van der Waals surface area (Å²) in [4.78, 5) is 15.2. The van der Waals surface area contributed by atoms with Crippen LogP contribution in [0.25, 0.3) is 0 Å². The summed E-state index contributed by atoms with van der Waals surface area (Å²) in [5.74, 6) is 0.168. The van der Waals surface area contributed by atoms with Crippen LogP contribution in [0, 0.1) is 5.82 Å². The Balaban J connectivity index is 1.50. The van der Waals surface area contributed by atoms with Crippen LogP contribution in [0.2, 0.25) is 0 Å². The van der Waals surface area contributed by atoms with E-state index in [1.165, 1.54) is 26.0 Å². The lowest BCUT2D eigenvalue weighted by atomic mass is 10.1. The number of methoxy groups -OCH3 is 1. The quantitative estimate of drug-likeness (QED) is 0.729. The number of hydrogen-bond donors (Lipinski definition) is 1. The summed E-state index contributed by atoms with van der Waals surface area (Å²) in [5.41, 5.74) is 0.542. The van der Waals surface area contributed by atoms with E-state index in [9.17, 15) is 9.18 Å². The third-order valence-corrected chi connectivity index (χ3v) is 6.26. The number of hydrogen-bond acceptors (Lipinski definition) is 6. The van der Waals surface area contributed by atoms with Crippen molar-refractivity contribution in [3.8, 4) is 5.75 Å². The van der Waals surface area contributed by atoms with Crippen LogP contribution < -0.4 is 10.1 Å². The summed E-state index contributed by atoms with van der Waals surface area (Å²) in [6.07, 6.45) is 9.01. The highest BCUT2D eigenvalue weighted by Crippen LogP contribution is 2.30. The Kier molecular flexibility index (Phi) is 6.56. The molecule has 8 nitrogen and oxygen atoms in total. The summed E-state index contributed by atoms with van der Waals surface area (Å²) in [5, 5.41) is 14.7. The summed E-state index contributed by atoms with van der Waals surface area (Å²) in [6.45, 7) is 0.927. The minimum atomic E-state index is -0.344. The first-order valence-electron chi connectivity index (χ1n) is 10.7. The minimum absolute atomic E-state index is 0.0198. The predicted molar refractivity (Wildman–Crippen MR) is 108 cm³/mol. The van der Waals surface area contributed by atoms with Gasteiger partial charge in [-0.3, -0.25) is 9.69 Å². The number of carbonyl (C=O) groups excluding carboxylic acids is 1. The van der Waals surface area contributed by atoms with Gasteiger partial charge in [-0.2, -0.15) is 0 Å². The van der Waals surface area contributed by atoms with Crippen molar-refractivity contribution in [3.05, 3.63) is 35.9 Å². The molecule has 0 spiro atoms. The van der Waals surface area contributed by atoms with Gasteiger partial charge in [0.2, 0.25) is 5.91 Å². The van der Waals surface area contributed by atoms with Gasteiger partial charge in [-0.1, -0.05) is 31.7 Å². The van der Waals surface area contributed by atoms with Crippen LogP contribution in [0.1, 0.15) is 56.6 Å². The Hall–Kier alpha value is -2.55. The Morgan fingerprint density at radius 3 is 2.73 bits per heavy atom. The molecule has 2 aliphatic rings. The lowest BCUT2D eigenvalue weighted by molar-refractivity contribution is -0.126. The van der Waals surface area contributed by atoms with Gasteiger partial charge >= 0.3 is 0 Å². The molecule has 162 valence electrons. The first-order valence-corrected chi connectivity index (χ1v) is 10.7. The van der Waals surface area contributed by atoms with E-state index in [1.54, 1.807) is 23.1 Å². The molecule has 0 bridgehead atoms. The second-order valence-corrected chi connectivity index (χ2v) is 8.28. The molecule has 9 heteroatoms. The van der Waals surface area contributed by atoms with Gasteiger partial charge in [-0.25, -0.2) is 9.07 Å². The number of halogens is 1. The van der Waals surface area contributed by atoms with Crippen molar-refractivity contribution < 1.29 is 13.9 Å². The topological polar surface area (TPSA) is 85.2 Å². The summed E-state index contributed by atoms with van der Waals surface area (Å²) < 4.78 is 21.3. The van der Waals surface area contributed by atoms with Gasteiger partial charge in [-0.05, 0) is 35.8 Å². The SMILES string of the molecule is COc1ccc(CN2C[C@H](n3cnnn3)C[C@H]2C(=O)NC2CCCCCC2)c(F)c1. The van der Waals surface area contributed by atoms with E-state index in [2.05, 4.69) is 20.8 Å². The second kappa shape index (κ2) is 9.51. The minimum Gasteiger partial charge on any atom is -0.497 e. The maximum atomic E-state index is 14.6. The highest BCUT2D eigenvalue weighted by Gasteiger charge is 2.39. The van der Waals surface area contributed by atoms with Gasteiger partial charge < -0.3 is 10.1 Å². The fourth-order valence-electron chi connectivity index (χ4n) is 4.58. The average Bonchev–Trinajstić information content (AvgIpc) is 3.35. The summed E-state index contributed by atoms with van der Waals surface area (Å²) >= 11 is 0. The highest BCUT2D eigenvalue weighted by atomic mass is 19.1. The number of benzene rings is 1. The van der Waals surface area contributed by atoms with Crippen molar-refractivity contribution in [2.45, 2.75) is 69.6 Å². The Bertz CT molecular complexity index is 838. The first-order chi connectivity index (χ1) is 14.6. The van der Waals surface area contributed by atoms with Gasteiger partial charge in [0.05, 0.1) is 19.2 Å². The van der Waals surface area contributed by atoms with Gasteiger partial charge in [-0.15, -0.1) is 5.10 Å². The zero-order valence-corrected chi connectivity index (χ0v) is 17.3. The number of ether oxygens (including phenoxy) is 1. The molecule has 1 saturated carbocycles. The number of nitrogens with one attached hydrogen (secondary N) is 1. The van der Waals surface area contributed by atoms with Crippen LogP contribution in [0.5, 0.6) is 5.75 Å². The number of tetrazole rings is 1. The monoisotopic (exact) mass is 416 g/mol. The van der Waals surface area contributed by atoms with Crippen molar-refractivity contribution in [2.24, 2.45) is 0 Å². The molecule has 4 rings (SSSR count). The van der Waals surface area contributed by atoms with E-state index in [4.69, 9.17) is 4.74 Å². The second-order valence-electron chi connectivity index (χ2n) is 8.28. The molecule has 1 aromatic carbocycles. The summed E-state index contributed by atoms with van der Waals surface area (Å²) in [7, 11) is 1.51. The number of carbonyl (C=O) groups is 1. The van der Waals surface area contributed by atoms with Crippen molar-refractivity contribution in [2.75, 3.05) is 13.7 Å². The Labute approximate surface area is 175 Å².